The van der Waals surface area contributed by atoms with Crippen LogP contribution in [0.25, 0.3) is 6.08 Å². The van der Waals surface area contributed by atoms with Crippen LogP contribution in [0.15, 0.2) is 28.1 Å². The van der Waals surface area contributed by atoms with E-state index in [9.17, 15) is 9.18 Å². The van der Waals surface area contributed by atoms with E-state index in [-0.39, 0.29) is 30.6 Å². The number of halogens is 3. The summed E-state index contributed by atoms with van der Waals surface area (Å²) in [6.07, 6.45) is 3.21. The molecule has 0 aliphatic carbocycles. The number of aliphatic imine (C=N–C) groups is 1. The molecule has 3 aliphatic heterocycles. The second-order valence-electron chi connectivity index (χ2n) is 8.54. The standard InChI is InChI=1S/C24H32FN5O2S2.2ClH/c1-3-28(4-2)19-7-11-30(12-8-19)24(31)32-20-16-18(25)6-5-17(20)15-21-22(33)27-23(34-21)29-13-9-26-10-14-29;;/h5-6,15-16,19,26H,3-4,7-14H2,1-2H3;2*1H/b21-15-;;. The highest BCUT2D eigenvalue weighted by molar-refractivity contribution is 8.19. The third-order valence-electron chi connectivity index (χ3n) is 6.51. The van der Waals surface area contributed by atoms with Gasteiger partial charge in [-0.2, -0.15) is 0 Å². The quantitative estimate of drug-likeness (QED) is 0.403. The van der Waals surface area contributed by atoms with Gasteiger partial charge in [0.2, 0.25) is 0 Å². The Bertz CT molecular complexity index is 979. The number of piperidine rings is 1. The first-order chi connectivity index (χ1) is 16.5. The molecule has 0 radical (unpaired) electrons. The van der Waals surface area contributed by atoms with E-state index in [1.807, 2.05) is 6.08 Å². The van der Waals surface area contributed by atoms with Crippen molar-refractivity contribution in [3.8, 4) is 5.75 Å². The van der Waals surface area contributed by atoms with Crippen LogP contribution < -0.4 is 10.1 Å². The van der Waals surface area contributed by atoms with E-state index in [1.165, 1.54) is 23.9 Å². The number of carbonyl (C=O) groups is 1. The molecule has 2 fully saturated rings. The van der Waals surface area contributed by atoms with Crippen LogP contribution in [0.2, 0.25) is 0 Å². The number of likely N-dealkylation sites (tertiary alicyclic amines) is 1. The summed E-state index contributed by atoms with van der Waals surface area (Å²) in [7, 11) is 0. The van der Waals surface area contributed by atoms with Gasteiger partial charge in [-0.3, -0.25) is 0 Å². The normalized spacial score (nSPS) is 19.7. The SMILES string of the molecule is CCN(CC)C1CCN(C(=O)Oc2cc(F)ccc2/C=C2\SC(N3CCNCC3)=NC2=S)CC1.Cl.Cl. The highest BCUT2D eigenvalue weighted by Gasteiger charge is 2.28. The summed E-state index contributed by atoms with van der Waals surface area (Å²) in [4.78, 5) is 25.1. The molecule has 0 bridgehead atoms. The maximum Gasteiger partial charge on any atom is 0.415 e. The predicted molar refractivity (Wildman–Crippen MR) is 154 cm³/mol. The zero-order valence-electron chi connectivity index (χ0n) is 20.6. The number of nitrogens with zero attached hydrogens (tertiary/aromatic N) is 4. The number of hydrogen-bond donors (Lipinski definition) is 1. The van der Waals surface area contributed by atoms with Crippen LogP contribution in [0.1, 0.15) is 32.3 Å². The fourth-order valence-corrected chi connectivity index (χ4v) is 5.85. The fourth-order valence-electron chi connectivity index (χ4n) is 4.56. The first kappa shape index (κ1) is 30.8. The summed E-state index contributed by atoms with van der Waals surface area (Å²) in [6, 6.07) is 4.72. The average Bonchev–Trinajstić information content (AvgIpc) is 3.22. The molecule has 0 spiro atoms. The Labute approximate surface area is 234 Å². The summed E-state index contributed by atoms with van der Waals surface area (Å²) in [6.45, 7) is 11.2. The summed E-state index contributed by atoms with van der Waals surface area (Å²) in [5.41, 5.74) is 0.606. The smallest absolute Gasteiger partial charge is 0.409 e. The Kier molecular flexibility index (Phi) is 12.4. The molecule has 0 unspecified atom stereocenters. The Morgan fingerprint density at radius 1 is 1.22 bits per heavy atom. The van der Waals surface area contributed by atoms with Crippen molar-refractivity contribution < 1.29 is 13.9 Å². The van der Waals surface area contributed by atoms with Gasteiger partial charge in [0.15, 0.2) is 5.17 Å². The average molecular weight is 579 g/mol. The van der Waals surface area contributed by atoms with Crippen molar-refractivity contribution >= 4 is 71.1 Å². The van der Waals surface area contributed by atoms with E-state index in [0.29, 0.717) is 29.7 Å². The molecule has 1 N–H and O–H groups in total. The minimum atomic E-state index is -0.454. The van der Waals surface area contributed by atoms with E-state index >= 15 is 0 Å². The van der Waals surface area contributed by atoms with Crippen molar-refractivity contribution in [1.82, 2.24) is 20.0 Å². The van der Waals surface area contributed by atoms with Crippen molar-refractivity contribution in [3.63, 3.8) is 0 Å². The summed E-state index contributed by atoms with van der Waals surface area (Å²) in [5.74, 6) is -0.257. The molecule has 3 aliphatic rings. The number of carbonyl (C=O) groups excluding carboxylic acids is 1. The summed E-state index contributed by atoms with van der Waals surface area (Å²) < 4.78 is 19.7. The molecule has 200 valence electrons. The van der Waals surface area contributed by atoms with Gasteiger partial charge in [0.25, 0.3) is 0 Å². The number of amides is 1. The lowest BCUT2D eigenvalue weighted by atomic mass is 10.0. The van der Waals surface area contributed by atoms with E-state index in [0.717, 1.165) is 62.2 Å². The molecule has 12 heteroatoms. The van der Waals surface area contributed by atoms with E-state index in [2.05, 4.69) is 34.0 Å². The molecule has 4 rings (SSSR count). The Balaban J connectivity index is 0.00000228. The van der Waals surface area contributed by atoms with Gasteiger partial charge >= 0.3 is 6.09 Å². The van der Waals surface area contributed by atoms with Gasteiger partial charge in [0.05, 0.1) is 4.91 Å². The maximum absolute atomic E-state index is 14.1. The number of nitrogens with one attached hydrogen (secondary N) is 1. The molecular formula is C24H34Cl2FN5O2S2. The van der Waals surface area contributed by atoms with Gasteiger partial charge in [-0.25, -0.2) is 14.2 Å². The molecule has 0 atom stereocenters. The first-order valence-electron chi connectivity index (χ1n) is 12.0. The molecule has 0 saturated carbocycles. The van der Waals surface area contributed by atoms with Gasteiger partial charge in [-0.15, -0.1) is 24.8 Å². The number of thiocarbonyl (C=S) groups is 1. The lowest BCUT2D eigenvalue weighted by Gasteiger charge is -2.37. The van der Waals surface area contributed by atoms with Gasteiger partial charge in [-0.05, 0) is 55.9 Å². The van der Waals surface area contributed by atoms with E-state index in [1.54, 1.807) is 11.0 Å². The van der Waals surface area contributed by atoms with Crippen LogP contribution >= 0.6 is 48.8 Å². The second-order valence-corrected chi connectivity index (χ2v) is 9.93. The van der Waals surface area contributed by atoms with Crippen LogP contribution in [-0.2, 0) is 0 Å². The number of amidine groups is 1. The fraction of sp³-hybridized carbons (Fsp3) is 0.542. The molecule has 1 aromatic carbocycles. The number of benzene rings is 1. The van der Waals surface area contributed by atoms with Crippen LogP contribution in [-0.4, -0.2) is 89.3 Å². The lowest BCUT2D eigenvalue weighted by Crippen LogP contribution is -2.47. The largest absolute Gasteiger partial charge is 0.415 e. The van der Waals surface area contributed by atoms with Gasteiger partial charge < -0.3 is 24.8 Å². The number of rotatable bonds is 5. The Morgan fingerprint density at radius 3 is 2.53 bits per heavy atom. The van der Waals surface area contributed by atoms with E-state index < -0.39 is 11.9 Å². The third kappa shape index (κ3) is 7.55. The van der Waals surface area contributed by atoms with Crippen LogP contribution in [0, 0.1) is 5.82 Å². The second kappa shape index (κ2) is 14.5. The summed E-state index contributed by atoms with van der Waals surface area (Å²) >= 11 is 6.99. The Hall–Kier alpha value is -1.43. The molecule has 1 amide bonds. The number of piperazine rings is 1. The molecule has 36 heavy (non-hydrogen) atoms. The predicted octanol–water partition coefficient (Wildman–Crippen LogP) is 4.65. The topological polar surface area (TPSA) is 60.4 Å². The molecule has 1 aromatic rings. The highest BCUT2D eigenvalue weighted by Crippen LogP contribution is 2.34. The van der Waals surface area contributed by atoms with E-state index in [4.69, 9.17) is 17.0 Å². The Morgan fingerprint density at radius 2 is 1.89 bits per heavy atom. The monoisotopic (exact) mass is 577 g/mol. The zero-order valence-corrected chi connectivity index (χ0v) is 23.8. The van der Waals surface area contributed by atoms with Crippen molar-refractivity contribution in [1.29, 1.82) is 0 Å². The van der Waals surface area contributed by atoms with Gasteiger partial charge in [0, 0.05) is 56.9 Å². The maximum atomic E-state index is 14.1. The minimum Gasteiger partial charge on any atom is -0.409 e. The van der Waals surface area contributed by atoms with Crippen molar-refractivity contribution in [2.75, 3.05) is 52.4 Å². The zero-order chi connectivity index (χ0) is 24.1. The van der Waals surface area contributed by atoms with Crippen LogP contribution in [0.4, 0.5) is 9.18 Å². The number of hydrogen-bond acceptors (Lipinski definition) is 7. The molecule has 0 aromatic heterocycles. The minimum absolute atomic E-state index is 0. The van der Waals surface area contributed by atoms with Gasteiger partial charge in [-0.1, -0.05) is 26.1 Å². The van der Waals surface area contributed by atoms with Gasteiger partial charge in [0.1, 0.15) is 16.6 Å². The number of ether oxygens (including phenoxy) is 1. The highest BCUT2D eigenvalue weighted by atomic mass is 35.5. The molecule has 7 nitrogen and oxygen atoms in total. The number of thioether (sulfide) groups is 1. The lowest BCUT2D eigenvalue weighted by molar-refractivity contribution is 0.104. The third-order valence-corrected chi connectivity index (χ3v) is 8.01. The molecule has 2 saturated heterocycles. The molecule has 3 heterocycles. The van der Waals surface area contributed by atoms with Crippen LogP contribution in [0.3, 0.4) is 0 Å². The van der Waals surface area contributed by atoms with Crippen molar-refractivity contribution in [2.24, 2.45) is 4.99 Å². The first-order valence-corrected chi connectivity index (χ1v) is 13.2. The van der Waals surface area contributed by atoms with Crippen molar-refractivity contribution in [3.05, 3.63) is 34.5 Å². The van der Waals surface area contributed by atoms with Crippen molar-refractivity contribution in [2.45, 2.75) is 32.7 Å². The van der Waals surface area contributed by atoms with Crippen LogP contribution in [0.5, 0.6) is 5.75 Å². The summed E-state index contributed by atoms with van der Waals surface area (Å²) in [5, 5.41) is 4.21. The molecular weight excluding hydrogens is 544 g/mol.